The zero-order chi connectivity index (χ0) is 20.8. The highest BCUT2D eigenvalue weighted by Crippen LogP contribution is 2.33. The highest BCUT2D eigenvalue weighted by atomic mass is 32.2. The van der Waals surface area contributed by atoms with Gasteiger partial charge in [-0.15, -0.1) is 10.2 Å². The van der Waals surface area contributed by atoms with Gasteiger partial charge in [-0.2, -0.15) is 0 Å². The zero-order valence-electron chi connectivity index (χ0n) is 16.2. The maximum Gasteiger partial charge on any atom is 0.277 e. The summed E-state index contributed by atoms with van der Waals surface area (Å²) in [6, 6.07) is 11.6. The van der Waals surface area contributed by atoms with Crippen LogP contribution in [0.1, 0.15) is 5.56 Å². The van der Waals surface area contributed by atoms with Crippen LogP contribution in [0, 0.1) is 5.82 Å². The smallest absolute Gasteiger partial charge is 0.277 e. The van der Waals surface area contributed by atoms with Gasteiger partial charge in [-0.3, -0.25) is 4.79 Å². The first-order valence-electron chi connectivity index (χ1n) is 8.68. The highest BCUT2D eigenvalue weighted by molar-refractivity contribution is 7.99. The van der Waals surface area contributed by atoms with E-state index in [1.54, 1.807) is 50.6 Å². The largest absolute Gasteiger partial charge is 0.497 e. The van der Waals surface area contributed by atoms with Crippen LogP contribution in [-0.4, -0.2) is 48.0 Å². The molecule has 9 heteroatoms. The molecule has 152 valence electrons. The third kappa shape index (κ3) is 5.05. The van der Waals surface area contributed by atoms with Crippen molar-refractivity contribution in [2.45, 2.75) is 11.8 Å². The second-order valence-corrected chi connectivity index (χ2v) is 7.00. The van der Waals surface area contributed by atoms with Gasteiger partial charge in [-0.1, -0.05) is 30.0 Å². The zero-order valence-corrected chi connectivity index (χ0v) is 17.0. The number of ether oxygens (including phenoxy) is 2. The topological polar surface area (TPSA) is 77.7 Å². The molecule has 0 saturated carbocycles. The Bertz CT molecular complexity index is 995. The van der Waals surface area contributed by atoms with Crippen LogP contribution >= 0.6 is 11.8 Å². The van der Waals surface area contributed by atoms with Gasteiger partial charge in [-0.05, 0) is 18.2 Å². The molecule has 29 heavy (non-hydrogen) atoms. The molecule has 0 unspecified atom stereocenters. The Morgan fingerprint density at radius 2 is 1.97 bits per heavy atom. The summed E-state index contributed by atoms with van der Waals surface area (Å²) in [5.74, 6) is 1.02. The summed E-state index contributed by atoms with van der Waals surface area (Å²) in [6.45, 7) is 0.185. The van der Waals surface area contributed by atoms with Crippen molar-refractivity contribution in [2.24, 2.45) is 0 Å². The Morgan fingerprint density at radius 3 is 2.69 bits per heavy atom. The number of hydrogen-bond acceptors (Lipinski definition) is 7. The van der Waals surface area contributed by atoms with Gasteiger partial charge in [0.15, 0.2) is 0 Å². The number of carbonyl (C=O) groups excluding carboxylic acids is 1. The second-order valence-electron chi connectivity index (χ2n) is 6.07. The minimum atomic E-state index is -0.338. The number of halogens is 1. The molecule has 0 aliphatic heterocycles. The van der Waals surface area contributed by atoms with Crippen molar-refractivity contribution < 1.29 is 23.1 Å². The van der Waals surface area contributed by atoms with Crippen molar-refractivity contribution in [3.63, 3.8) is 0 Å². The Hall–Kier alpha value is -3.07. The monoisotopic (exact) mass is 417 g/mol. The predicted molar refractivity (Wildman–Crippen MR) is 106 cm³/mol. The van der Waals surface area contributed by atoms with E-state index in [2.05, 4.69) is 10.2 Å². The van der Waals surface area contributed by atoms with Gasteiger partial charge in [-0.25, -0.2) is 4.39 Å². The van der Waals surface area contributed by atoms with Gasteiger partial charge < -0.3 is 18.8 Å². The molecule has 3 aromatic rings. The standard InChI is InChI=1S/C20H20FN3O4S/c1-24(11-13-6-4-5-7-16(13)21)18(25)12-29-20-23-22-19(28-20)15-9-8-14(26-2)10-17(15)27-3/h4-10H,11-12H2,1-3H3. The summed E-state index contributed by atoms with van der Waals surface area (Å²) in [5, 5.41) is 8.24. The van der Waals surface area contributed by atoms with E-state index in [1.165, 1.54) is 18.1 Å². The van der Waals surface area contributed by atoms with Gasteiger partial charge in [0, 0.05) is 25.2 Å². The second kappa shape index (κ2) is 9.42. The molecule has 0 atom stereocenters. The van der Waals surface area contributed by atoms with Crippen molar-refractivity contribution in [2.75, 3.05) is 27.0 Å². The number of carbonyl (C=O) groups is 1. The van der Waals surface area contributed by atoms with Gasteiger partial charge in [0.1, 0.15) is 17.3 Å². The minimum Gasteiger partial charge on any atom is -0.497 e. The molecule has 0 aliphatic rings. The first-order valence-corrected chi connectivity index (χ1v) is 9.66. The van der Waals surface area contributed by atoms with Crippen LogP contribution < -0.4 is 9.47 Å². The van der Waals surface area contributed by atoms with E-state index in [4.69, 9.17) is 13.9 Å². The lowest BCUT2D eigenvalue weighted by molar-refractivity contribution is -0.127. The number of methoxy groups -OCH3 is 2. The number of thioether (sulfide) groups is 1. The van der Waals surface area contributed by atoms with Crippen molar-refractivity contribution in [3.8, 4) is 23.0 Å². The number of amides is 1. The highest BCUT2D eigenvalue weighted by Gasteiger charge is 2.17. The van der Waals surface area contributed by atoms with E-state index in [9.17, 15) is 9.18 Å². The molecule has 0 radical (unpaired) electrons. The number of rotatable bonds is 8. The fraction of sp³-hybridized carbons (Fsp3) is 0.250. The lowest BCUT2D eigenvalue weighted by atomic mass is 10.2. The quantitative estimate of drug-likeness (QED) is 0.518. The Balaban J connectivity index is 1.62. The third-order valence-electron chi connectivity index (χ3n) is 4.16. The van der Waals surface area contributed by atoms with Gasteiger partial charge in [0.05, 0.1) is 25.5 Å². The molecular formula is C20H20FN3O4S. The molecule has 0 saturated heterocycles. The van der Waals surface area contributed by atoms with E-state index in [1.807, 2.05) is 0 Å². The first kappa shape index (κ1) is 20.7. The number of nitrogens with zero attached hydrogens (tertiary/aromatic N) is 3. The summed E-state index contributed by atoms with van der Waals surface area (Å²) < 4.78 is 29.9. The summed E-state index contributed by atoms with van der Waals surface area (Å²) in [5.41, 5.74) is 1.08. The van der Waals surface area contributed by atoms with Gasteiger partial charge in [0.2, 0.25) is 5.91 Å². The van der Waals surface area contributed by atoms with Crippen LogP contribution in [0.15, 0.2) is 52.1 Å². The van der Waals surface area contributed by atoms with Crippen LogP contribution in [-0.2, 0) is 11.3 Å². The molecule has 7 nitrogen and oxygen atoms in total. The Labute approximate surface area is 171 Å². The van der Waals surface area contributed by atoms with Gasteiger partial charge in [0.25, 0.3) is 11.1 Å². The van der Waals surface area contributed by atoms with Crippen LogP contribution in [0.2, 0.25) is 0 Å². The first-order chi connectivity index (χ1) is 14.0. The van der Waals surface area contributed by atoms with Crippen LogP contribution in [0.4, 0.5) is 4.39 Å². The Kier molecular flexibility index (Phi) is 6.71. The summed E-state index contributed by atoms with van der Waals surface area (Å²) in [6.07, 6.45) is 0. The van der Waals surface area contributed by atoms with Gasteiger partial charge >= 0.3 is 0 Å². The summed E-state index contributed by atoms with van der Waals surface area (Å²) in [7, 11) is 4.72. The van der Waals surface area contributed by atoms with Crippen molar-refractivity contribution in [1.82, 2.24) is 15.1 Å². The summed E-state index contributed by atoms with van der Waals surface area (Å²) in [4.78, 5) is 13.8. The summed E-state index contributed by atoms with van der Waals surface area (Å²) >= 11 is 1.12. The lowest BCUT2D eigenvalue weighted by Crippen LogP contribution is -2.28. The van der Waals surface area contributed by atoms with Crippen LogP contribution in [0.5, 0.6) is 11.5 Å². The molecule has 1 aromatic heterocycles. The number of aromatic nitrogens is 2. The SMILES string of the molecule is COc1ccc(-c2nnc(SCC(=O)N(C)Cc3ccccc3F)o2)c(OC)c1. The van der Waals surface area contributed by atoms with Crippen LogP contribution in [0.3, 0.4) is 0 Å². The average molecular weight is 417 g/mol. The van der Waals surface area contributed by atoms with E-state index in [0.717, 1.165) is 11.8 Å². The maximum atomic E-state index is 13.7. The molecule has 0 spiro atoms. The molecule has 0 bridgehead atoms. The fourth-order valence-electron chi connectivity index (χ4n) is 2.56. The lowest BCUT2D eigenvalue weighted by Gasteiger charge is -2.16. The molecular weight excluding hydrogens is 397 g/mol. The maximum absolute atomic E-state index is 13.7. The Morgan fingerprint density at radius 1 is 1.17 bits per heavy atom. The van der Waals surface area contributed by atoms with Crippen LogP contribution in [0.25, 0.3) is 11.5 Å². The molecule has 0 fully saturated rings. The molecule has 3 rings (SSSR count). The number of hydrogen-bond donors (Lipinski definition) is 0. The van der Waals surface area contributed by atoms with Crippen molar-refractivity contribution in [1.29, 1.82) is 0 Å². The predicted octanol–water partition coefficient (Wildman–Crippen LogP) is 3.64. The van der Waals surface area contributed by atoms with E-state index >= 15 is 0 Å². The van der Waals surface area contributed by atoms with E-state index in [0.29, 0.717) is 22.6 Å². The minimum absolute atomic E-state index is 0.0896. The van der Waals surface area contributed by atoms with E-state index < -0.39 is 0 Å². The molecule has 0 aliphatic carbocycles. The van der Waals surface area contributed by atoms with E-state index in [-0.39, 0.29) is 35.1 Å². The fourth-order valence-corrected chi connectivity index (χ4v) is 3.26. The molecule has 2 aromatic carbocycles. The van der Waals surface area contributed by atoms with Crippen molar-refractivity contribution in [3.05, 3.63) is 53.8 Å². The van der Waals surface area contributed by atoms with Crippen molar-refractivity contribution >= 4 is 17.7 Å². The molecule has 1 amide bonds. The molecule has 1 heterocycles. The average Bonchev–Trinajstić information content (AvgIpc) is 3.21. The normalized spacial score (nSPS) is 10.6. The number of benzene rings is 2. The molecule has 0 N–H and O–H groups in total. The third-order valence-corrected chi connectivity index (χ3v) is 4.96.